The van der Waals surface area contributed by atoms with Crippen molar-refractivity contribution in [1.82, 2.24) is 9.78 Å². The van der Waals surface area contributed by atoms with Crippen LogP contribution >= 0.6 is 0 Å². The number of hydrogen-bond donors (Lipinski definition) is 0. The lowest BCUT2D eigenvalue weighted by Gasteiger charge is -2.19. The van der Waals surface area contributed by atoms with Gasteiger partial charge in [-0.15, -0.1) is 0 Å². The summed E-state index contributed by atoms with van der Waals surface area (Å²) in [6, 6.07) is 24.1. The van der Waals surface area contributed by atoms with Crippen molar-refractivity contribution in [3.05, 3.63) is 95.7 Å². The molecular formula is C29H28N2O5. The Morgan fingerprint density at radius 3 is 2.00 bits per heavy atom. The smallest absolute Gasteiger partial charge is 0.357 e. The first-order chi connectivity index (χ1) is 17.2. The summed E-state index contributed by atoms with van der Waals surface area (Å²) in [7, 11) is 2.51. The Kier molecular flexibility index (Phi) is 6.92. The van der Waals surface area contributed by atoms with Gasteiger partial charge in [-0.05, 0) is 47.4 Å². The second-order valence-corrected chi connectivity index (χ2v) is 9.18. The summed E-state index contributed by atoms with van der Waals surface area (Å²) in [5.74, 6) is -0.322. The molecule has 0 saturated heterocycles. The predicted octanol–water partition coefficient (Wildman–Crippen LogP) is 6.20. The SMILES string of the molecule is COC(=O)c1c(-c2ccccc2Oc2ccc(C(C)(C)C)cc2)nn(-c2ccccc2)c1C(=O)OC. The molecule has 1 aromatic heterocycles. The molecule has 0 atom stereocenters. The Morgan fingerprint density at radius 2 is 1.39 bits per heavy atom. The van der Waals surface area contributed by atoms with Gasteiger partial charge in [0, 0.05) is 5.56 Å². The number of methoxy groups -OCH3 is 2. The van der Waals surface area contributed by atoms with Crippen LogP contribution in [-0.2, 0) is 14.9 Å². The van der Waals surface area contributed by atoms with Crippen LogP contribution in [0.4, 0.5) is 0 Å². The number of rotatable bonds is 6. The van der Waals surface area contributed by atoms with Crippen molar-refractivity contribution in [1.29, 1.82) is 0 Å². The Morgan fingerprint density at radius 1 is 0.778 bits per heavy atom. The molecule has 0 spiro atoms. The highest BCUT2D eigenvalue weighted by atomic mass is 16.5. The van der Waals surface area contributed by atoms with Crippen molar-refractivity contribution >= 4 is 11.9 Å². The molecule has 7 nitrogen and oxygen atoms in total. The molecular weight excluding hydrogens is 456 g/mol. The molecule has 1 heterocycles. The van der Waals surface area contributed by atoms with E-state index in [4.69, 9.17) is 14.2 Å². The van der Waals surface area contributed by atoms with Crippen LogP contribution in [0.25, 0.3) is 16.9 Å². The zero-order valence-corrected chi connectivity index (χ0v) is 20.9. The summed E-state index contributed by atoms with van der Waals surface area (Å²) in [5, 5.41) is 4.67. The maximum atomic E-state index is 13.0. The molecule has 0 unspecified atom stereocenters. The van der Waals surface area contributed by atoms with Gasteiger partial charge < -0.3 is 14.2 Å². The van der Waals surface area contributed by atoms with E-state index in [2.05, 4.69) is 25.9 Å². The first kappa shape index (κ1) is 24.7. The van der Waals surface area contributed by atoms with Crippen LogP contribution in [0.1, 0.15) is 47.2 Å². The van der Waals surface area contributed by atoms with E-state index < -0.39 is 11.9 Å². The molecule has 0 bridgehead atoms. The van der Waals surface area contributed by atoms with E-state index in [0.717, 1.165) is 0 Å². The lowest BCUT2D eigenvalue weighted by Crippen LogP contribution is -2.15. The third-order valence-corrected chi connectivity index (χ3v) is 5.74. The summed E-state index contributed by atoms with van der Waals surface area (Å²) >= 11 is 0. The fourth-order valence-electron chi connectivity index (χ4n) is 3.84. The molecule has 0 saturated carbocycles. The van der Waals surface area contributed by atoms with Gasteiger partial charge in [0.25, 0.3) is 0 Å². The second kappa shape index (κ2) is 10.1. The van der Waals surface area contributed by atoms with E-state index in [1.165, 1.54) is 24.5 Å². The van der Waals surface area contributed by atoms with Crippen LogP contribution in [0.3, 0.4) is 0 Å². The monoisotopic (exact) mass is 484 g/mol. The maximum Gasteiger partial charge on any atom is 0.357 e. The highest BCUT2D eigenvalue weighted by Crippen LogP contribution is 2.37. The molecule has 4 aromatic rings. The first-order valence-electron chi connectivity index (χ1n) is 11.5. The molecule has 0 N–H and O–H groups in total. The minimum absolute atomic E-state index is 0.00710. The van der Waals surface area contributed by atoms with E-state index in [1.54, 1.807) is 24.3 Å². The topological polar surface area (TPSA) is 79.7 Å². The number of ether oxygens (including phenoxy) is 3. The lowest BCUT2D eigenvalue weighted by atomic mass is 9.87. The van der Waals surface area contributed by atoms with Gasteiger partial charge in [0.05, 0.1) is 19.9 Å². The summed E-state index contributed by atoms with van der Waals surface area (Å²) in [6.45, 7) is 6.44. The summed E-state index contributed by atoms with van der Waals surface area (Å²) < 4.78 is 17.7. The number of carbonyl (C=O) groups is 2. The Hall–Kier alpha value is -4.39. The van der Waals surface area contributed by atoms with Gasteiger partial charge in [0.2, 0.25) is 0 Å². The second-order valence-electron chi connectivity index (χ2n) is 9.18. The van der Waals surface area contributed by atoms with Gasteiger partial charge in [-0.2, -0.15) is 5.10 Å². The number of para-hydroxylation sites is 2. The third kappa shape index (κ3) is 4.86. The van der Waals surface area contributed by atoms with E-state index in [9.17, 15) is 9.59 Å². The van der Waals surface area contributed by atoms with Gasteiger partial charge in [0.15, 0.2) is 5.69 Å². The molecule has 0 fully saturated rings. The van der Waals surface area contributed by atoms with Crippen molar-refractivity contribution in [2.75, 3.05) is 14.2 Å². The van der Waals surface area contributed by atoms with Crippen molar-refractivity contribution in [3.8, 4) is 28.4 Å². The van der Waals surface area contributed by atoms with Crippen LogP contribution in [0.15, 0.2) is 78.9 Å². The number of carbonyl (C=O) groups excluding carboxylic acids is 2. The van der Waals surface area contributed by atoms with E-state index in [-0.39, 0.29) is 22.4 Å². The fraction of sp³-hybridized carbons (Fsp3) is 0.207. The maximum absolute atomic E-state index is 13.0. The third-order valence-electron chi connectivity index (χ3n) is 5.74. The quantitative estimate of drug-likeness (QED) is 0.303. The molecule has 0 aliphatic carbocycles. The number of hydrogen-bond acceptors (Lipinski definition) is 6. The molecule has 36 heavy (non-hydrogen) atoms. The largest absolute Gasteiger partial charge is 0.465 e. The highest BCUT2D eigenvalue weighted by molar-refractivity contribution is 6.07. The molecule has 184 valence electrons. The van der Waals surface area contributed by atoms with Crippen LogP contribution in [-0.4, -0.2) is 35.9 Å². The molecule has 7 heteroatoms. The number of nitrogens with zero attached hydrogens (tertiary/aromatic N) is 2. The first-order valence-corrected chi connectivity index (χ1v) is 11.5. The molecule has 0 aliphatic rings. The number of aromatic nitrogens is 2. The van der Waals surface area contributed by atoms with Crippen molar-refractivity contribution in [3.63, 3.8) is 0 Å². The number of esters is 2. The van der Waals surface area contributed by atoms with Crippen LogP contribution in [0, 0.1) is 0 Å². The van der Waals surface area contributed by atoms with E-state index in [1.807, 2.05) is 54.6 Å². The van der Waals surface area contributed by atoms with Crippen LogP contribution in [0.2, 0.25) is 0 Å². The van der Waals surface area contributed by atoms with Gasteiger partial charge in [-0.1, -0.05) is 63.2 Å². The van der Waals surface area contributed by atoms with Gasteiger partial charge in [0.1, 0.15) is 22.8 Å². The van der Waals surface area contributed by atoms with Gasteiger partial charge in [-0.25, -0.2) is 14.3 Å². The zero-order valence-electron chi connectivity index (χ0n) is 20.9. The molecule has 0 radical (unpaired) electrons. The molecule has 3 aromatic carbocycles. The minimum atomic E-state index is -0.714. The predicted molar refractivity (Wildman–Crippen MR) is 137 cm³/mol. The van der Waals surface area contributed by atoms with Crippen molar-refractivity contribution in [2.24, 2.45) is 0 Å². The van der Waals surface area contributed by atoms with E-state index >= 15 is 0 Å². The average molecular weight is 485 g/mol. The van der Waals surface area contributed by atoms with E-state index in [0.29, 0.717) is 22.7 Å². The highest BCUT2D eigenvalue weighted by Gasteiger charge is 2.32. The molecule has 0 amide bonds. The average Bonchev–Trinajstić information content (AvgIpc) is 3.29. The van der Waals surface area contributed by atoms with Crippen molar-refractivity contribution < 1.29 is 23.8 Å². The van der Waals surface area contributed by atoms with Crippen molar-refractivity contribution in [2.45, 2.75) is 26.2 Å². The summed E-state index contributed by atoms with van der Waals surface area (Å²) in [6.07, 6.45) is 0. The Labute approximate surface area is 210 Å². The minimum Gasteiger partial charge on any atom is -0.465 e. The van der Waals surface area contributed by atoms with Crippen LogP contribution in [0.5, 0.6) is 11.5 Å². The normalized spacial score (nSPS) is 11.1. The lowest BCUT2D eigenvalue weighted by molar-refractivity contribution is 0.0549. The summed E-state index contributed by atoms with van der Waals surface area (Å²) in [5.41, 5.74) is 2.51. The molecule has 0 aliphatic heterocycles. The van der Waals surface area contributed by atoms with Gasteiger partial charge >= 0.3 is 11.9 Å². The summed E-state index contributed by atoms with van der Waals surface area (Å²) in [4.78, 5) is 25.8. The fourth-order valence-corrected chi connectivity index (χ4v) is 3.84. The van der Waals surface area contributed by atoms with Crippen LogP contribution < -0.4 is 4.74 Å². The Bertz CT molecular complexity index is 1380. The van der Waals surface area contributed by atoms with Gasteiger partial charge in [-0.3, -0.25) is 0 Å². The Balaban J connectivity index is 1.88. The molecule has 4 rings (SSSR count). The number of benzene rings is 3. The zero-order chi connectivity index (χ0) is 25.9. The standard InChI is InChI=1S/C29H28N2O5/c1-29(2,3)19-15-17-21(18-16-19)36-23-14-10-9-13-22(23)25-24(27(32)34-4)26(28(33)35-5)31(30-25)20-11-7-6-8-12-20/h6-18H,1-5H3.